The van der Waals surface area contributed by atoms with E-state index in [9.17, 15) is 9.59 Å². The Morgan fingerprint density at radius 1 is 1.30 bits per heavy atom. The largest absolute Gasteiger partial charge is 0.481 e. The van der Waals surface area contributed by atoms with Gasteiger partial charge < -0.3 is 15.4 Å². The number of amides is 1. The number of carboxylic acids is 1. The van der Waals surface area contributed by atoms with E-state index in [1.165, 1.54) is 23.4 Å². The summed E-state index contributed by atoms with van der Waals surface area (Å²) in [4.78, 5) is 24.2. The fraction of sp³-hybridized carbons (Fsp3) is 0.333. The average Bonchev–Trinajstić information content (AvgIpc) is 2.86. The van der Waals surface area contributed by atoms with Gasteiger partial charge >= 0.3 is 5.97 Å². The molecule has 0 bridgehead atoms. The zero-order valence-corrected chi connectivity index (χ0v) is 14.0. The van der Waals surface area contributed by atoms with Gasteiger partial charge in [-0.25, -0.2) is 0 Å². The van der Waals surface area contributed by atoms with Crippen LogP contribution in [-0.2, 0) is 9.59 Å². The number of benzene rings is 1. The third kappa shape index (κ3) is 5.98. The predicted octanol–water partition coefficient (Wildman–Crippen LogP) is 3.27. The Morgan fingerprint density at radius 3 is 2.52 bits per heavy atom. The lowest BCUT2D eigenvalue weighted by Gasteiger charge is -2.12. The molecular formula is C18H24N2O3. The van der Waals surface area contributed by atoms with Gasteiger partial charge in [0.15, 0.2) is 0 Å². The van der Waals surface area contributed by atoms with Crippen LogP contribution < -0.4 is 5.32 Å². The number of hydrogen-bond acceptors (Lipinski definition) is 2. The molecule has 5 nitrogen and oxygen atoms in total. The summed E-state index contributed by atoms with van der Waals surface area (Å²) in [5, 5.41) is 12.6. The molecule has 0 unspecified atom stereocenters. The van der Waals surface area contributed by atoms with E-state index in [1.807, 2.05) is 12.3 Å². The van der Waals surface area contributed by atoms with E-state index in [-0.39, 0.29) is 5.91 Å². The molecular weight excluding hydrogens is 292 g/mol. The van der Waals surface area contributed by atoms with E-state index in [2.05, 4.69) is 35.4 Å². The quantitative estimate of drug-likeness (QED) is 0.757. The molecule has 0 atom stereocenters. The van der Waals surface area contributed by atoms with Crippen molar-refractivity contribution in [2.45, 2.75) is 27.7 Å². The maximum Gasteiger partial charge on any atom is 0.312 e. The normalized spacial score (nSPS) is 11.1. The number of aliphatic carboxylic acids is 1. The molecule has 3 N–H and O–H groups in total. The van der Waals surface area contributed by atoms with E-state index in [0.29, 0.717) is 6.54 Å². The summed E-state index contributed by atoms with van der Waals surface area (Å²) in [7, 11) is 0. The standard InChI is InChI=1S/C9H15NO3.C9H9N/c1-7(11)10-6-4-5-9(2,3)8(12)13;1-7-6-10-9-5-3-2-4-8(7)9/h4-5H,6H2,1-3H3,(H,10,11)(H,12,13);2-6,10H,1H3/b5-4+;. The topological polar surface area (TPSA) is 82.2 Å². The zero-order chi connectivity index (χ0) is 17.5. The molecule has 0 aliphatic heterocycles. The highest BCUT2D eigenvalue weighted by molar-refractivity contribution is 5.82. The Labute approximate surface area is 136 Å². The minimum absolute atomic E-state index is 0.127. The second kappa shape index (κ2) is 8.17. The number of hydrogen-bond donors (Lipinski definition) is 3. The molecule has 0 saturated heterocycles. The number of aryl methyl sites for hydroxylation is 1. The Balaban J connectivity index is 0.000000235. The predicted molar refractivity (Wildman–Crippen MR) is 92.3 cm³/mol. The van der Waals surface area contributed by atoms with Crippen molar-refractivity contribution in [3.8, 4) is 0 Å². The molecule has 0 saturated carbocycles. The van der Waals surface area contributed by atoms with Gasteiger partial charge in [0, 0.05) is 30.6 Å². The van der Waals surface area contributed by atoms with Crippen LogP contribution in [0.2, 0.25) is 0 Å². The van der Waals surface area contributed by atoms with E-state index in [0.717, 1.165) is 0 Å². The van der Waals surface area contributed by atoms with Crippen molar-refractivity contribution < 1.29 is 14.7 Å². The SMILES string of the molecule is CC(=O)NC/C=C/C(C)(C)C(=O)O.Cc1c[nH]c2ccccc12. The lowest BCUT2D eigenvalue weighted by atomic mass is 9.93. The third-order valence-corrected chi connectivity index (χ3v) is 3.35. The van der Waals surface area contributed by atoms with Crippen LogP contribution in [-0.4, -0.2) is 28.5 Å². The first-order chi connectivity index (χ1) is 10.7. The Kier molecular flexibility index (Phi) is 6.57. The number of carbonyl (C=O) groups excluding carboxylic acids is 1. The Bertz CT molecular complexity index is 699. The van der Waals surface area contributed by atoms with Crippen LogP contribution in [0.1, 0.15) is 26.3 Å². The van der Waals surface area contributed by atoms with E-state index in [1.54, 1.807) is 26.0 Å². The third-order valence-electron chi connectivity index (χ3n) is 3.35. The molecule has 1 aromatic heterocycles. The highest BCUT2D eigenvalue weighted by Gasteiger charge is 2.22. The van der Waals surface area contributed by atoms with Gasteiger partial charge in [-0.15, -0.1) is 0 Å². The summed E-state index contributed by atoms with van der Waals surface area (Å²) in [5.41, 5.74) is 1.66. The molecule has 5 heteroatoms. The molecule has 1 aromatic carbocycles. The van der Waals surface area contributed by atoms with Gasteiger partial charge in [-0.1, -0.05) is 30.4 Å². The second-order valence-electron chi connectivity index (χ2n) is 5.88. The number of aromatic nitrogens is 1. The number of fused-ring (bicyclic) bond motifs is 1. The van der Waals surface area contributed by atoms with Crippen molar-refractivity contribution in [2.75, 3.05) is 6.54 Å². The summed E-state index contributed by atoms with van der Waals surface area (Å²) < 4.78 is 0. The van der Waals surface area contributed by atoms with Crippen LogP contribution in [0, 0.1) is 12.3 Å². The molecule has 23 heavy (non-hydrogen) atoms. The molecule has 0 radical (unpaired) electrons. The Morgan fingerprint density at radius 2 is 1.96 bits per heavy atom. The van der Waals surface area contributed by atoms with Gasteiger partial charge in [0.1, 0.15) is 0 Å². The minimum atomic E-state index is -0.883. The molecule has 124 valence electrons. The van der Waals surface area contributed by atoms with Crippen molar-refractivity contribution in [1.29, 1.82) is 0 Å². The fourth-order valence-electron chi connectivity index (χ4n) is 1.84. The molecule has 2 rings (SSSR count). The molecule has 0 spiro atoms. The first-order valence-corrected chi connectivity index (χ1v) is 7.42. The number of rotatable bonds is 4. The highest BCUT2D eigenvalue weighted by atomic mass is 16.4. The first kappa shape index (κ1) is 18.5. The average molecular weight is 316 g/mol. The monoisotopic (exact) mass is 316 g/mol. The minimum Gasteiger partial charge on any atom is -0.481 e. The fourth-order valence-corrected chi connectivity index (χ4v) is 1.84. The lowest BCUT2D eigenvalue weighted by molar-refractivity contribution is -0.144. The smallest absolute Gasteiger partial charge is 0.312 e. The second-order valence-corrected chi connectivity index (χ2v) is 5.88. The molecule has 0 aliphatic carbocycles. The van der Waals surface area contributed by atoms with Crippen LogP contribution in [0.3, 0.4) is 0 Å². The number of aromatic amines is 1. The van der Waals surface area contributed by atoms with E-state index < -0.39 is 11.4 Å². The number of nitrogens with one attached hydrogen (secondary N) is 2. The number of para-hydroxylation sites is 1. The van der Waals surface area contributed by atoms with E-state index >= 15 is 0 Å². The van der Waals surface area contributed by atoms with Gasteiger partial charge in [0.05, 0.1) is 5.41 Å². The van der Waals surface area contributed by atoms with Gasteiger partial charge in [-0.2, -0.15) is 0 Å². The van der Waals surface area contributed by atoms with Gasteiger partial charge in [0.25, 0.3) is 0 Å². The van der Waals surface area contributed by atoms with Crippen LogP contribution >= 0.6 is 0 Å². The van der Waals surface area contributed by atoms with Crippen LogP contribution in [0.25, 0.3) is 10.9 Å². The molecule has 1 heterocycles. The summed E-state index contributed by atoms with van der Waals surface area (Å²) >= 11 is 0. The number of carboxylic acid groups (broad SMARTS) is 1. The lowest BCUT2D eigenvalue weighted by Crippen LogP contribution is -2.23. The molecule has 1 amide bonds. The highest BCUT2D eigenvalue weighted by Crippen LogP contribution is 2.16. The van der Waals surface area contributed by atoms with Crippen molar-refractivity contribution in [3.05, 3.63) is 48.2 Å². The maximum atomic E-state index is 10.6. The van der Waals surface area contributed by atoms with Crippen LogP contribution in [0.5, 0.6) is 0 Å². The molecule has 0 aliphatic rings. The first-order valence-electron chi connectivity index (χ1n) is 7.42. The van der Waals surface area contributed by atoms with Gasteiger partial charge in [-0.3, -0.25) is 9.59 Å². The van der Waals surface area contributed by atoms with Crippen LogP contribution in [0.4, 0.5) is 0 Å². The van der Waals surface area contributed by atoms with Crippen LogP contribution in [0.15, 0.2) is 42.6 Å². The summed E-state index contributed by atoms with van der Waals surface area (Å²) in [6, 6.07) is 8.31. The summed E-state index contributed by atoms with van der Waals surface area (Å²) in [6.07, 6.45) is 5.23. The maximum absolute atomic E-state index is 10.6. The summed E-state index contributed by atoms with van der Waals surface area (Å²) in [5.74, 6) is -1.01. The van der Waals surface area contributed by atoms with Crippen molar-refractivity contribution in [2.24, 2.45) is 5.41 Å². The molecule has 0 fully saturated rings. The van der Waals surface area contributed by atoms with Crippen molar-refractivity contribution in [3.63, 3.8) is 0 Å². The number of H-pyrrole nitrogens is 1. The summed E-state index contributed by atoms with van der Waals surface area (Å²) in [6.45, 7) is 7.08. The van der Waals surface area contributed by atoms with E-state index in [4.69, 9.17) is 5.11 Å². The number of carbonyl (C=O) groups is 2. The zero-order valence-electron chi connectivity index (χ0n) is 14.0. The molecule has 2 aromatic rings. The Hall–Kier alpha value is -2.56. The van der Waals surface area contributed by atoms with Crippen molar-refractivity contribution >= 4 is 22.8 Å². The van der Waals surface area contributed by atoms with Crippen molar-refractivity contribution in [1.82, 2.24) is 10.3 Å². The van der Waals surface area contributed by atoms with Gasteiger partial charge in [-0.05, 0) is 32.4 Å². The van der Waals surface area contributed by atoms with Gasteiger partial charge in [0.2, 0.25) is 5.91 Å².